The van der Waals surface area contributed by atoms with Gasteiger partial charge in [-0.25, -0.2) is 14.8 Å². The number of H-pyrrole nitrogens is 1. The second-order valence-corrected chi connectivity index (χ2v) is 7.43. The number of hydrogen-bond donors (Lipinski definition) is 2. The topological polar surface area (TPSA) is 110 Å². The maximum Gasteiger partial charge on any atom is 0.471 e. The number of nitrogens with one attached hydrogen (secondary N) is 2. The fraction of sp³-hybridized carbons (Fsp3) is 0.421. The first-order valence-corrected chi connectivity index (χ1v) is 9.50. The van der Waals surface area contributed by atoms with Crippen molar-refractivity contribution in [2.24, 2.45) is 0 Å². The molecule has 0 radical (unpaired) electrons. The first-order valence-electron chi connectivity index (χ1n) is 9.50. The fourth-order valence-corrected chi connectivity index (χ4v) is 3.81. The van der Waals surface area contributed by atoms with E-state index in [-0.39, 0.29) is 33.9 Å². The van der Waals surface area contributed by atoms with Crippen LogP contribution in [0.25, 0.3) is 22.2 Å². The average Bonchev–Trinajstić information content (AvgIpc) is 2.68. The van der Waals surface area contributed by atoms with Crippen molar-refractivity contribution < 1.29 is 18.0 Å². The second-order valence-electron chi connectivity index (χ2n) is 7.43. The maximum atomic E-state index is 13.0. The maximum absolute atomic E-state index is 13.0. The Morgan fingerprint density at radius 3 is 2.47 bits per heavy atom. The molecule has 0 saturated heterocycles. The van der Waals surface area contributed by atoms with Crippen molar-refractivity contribution >= 4 is 33.8 Å². The van der Waals surface area contributed by atoms with Crippen molar-refractivity contribution in [1.29, 1.82) is 0 Å². The summed E-state index contributed by atoms with van der Waals surface area (Å²) < 4.78 is 38.8. The summed E-state index contributed by atoms with van der Waals surface area (Å²) in [6.45, 7) is 1.50. The zero-order chi connectivity index (χ0) is 21.6. The largest absolute Gasteiger partial charge is 0.471 e. The molecule has 1 saturated carbocycles. The summed E-state index contributed by atoms with van der Waals surface area (Å²) in [5.74, 6) is -2.11. The minimum atomic E-state index is -5.04. The van der Waals surface area contributed by atoms with Crippen LogP contribution in [0.2, 0.25) is 0 Å². The van der Waals surface area contributed by atoms with Crippen LogP contribution in [-0.4, -0.2) is 31.6 Å². The van der Waals surface area contributed by atoms with E-state index in [1.807, 2.05) is 0 Å². The molecule has 2 aromatic heterocycles. The highest BCUT2D eigenvalue weighted by Crippen LogP contribution is 2.27. The first kappa shape index (κ1) is 20.0. The van der Waals surface area contributed by atoms with Gasteiger partial charge in [-0.2, -0.15) is 13.2 Å². The number of hydrogen-bond acceptors (Lipinski definition) is 5. The lowest BCUT2D eigenvalue weighted by Gasteiger charge is -2.22. The summed E-state index contributed by atoms with van der Waals surface area (Å²) in [5.41, 5.74) is -0.559. The van der Waals surface area contributed by atoms with Gasteiger partial charge >= 0.3 is 17.8 Å². The van der Waals surface area contributed by atoms with Gasteiger partial charge < -0.3 is 5.32 Å². The van der Waals surface area contributed by atoms with Crippen LogP contribution in [0.3, 0.4) is 0 Å². The fourth-order valence-electron chi connectivity index (χ4n) is 3.81. The Kier molecular flexibility index (Phi) is 4.83. The van der Waals surface area contributed by atoms with Crippen LogP contribution in [0, 0.1) is 6.92 Å². The summed E-state index contributed by atoms with van der Waals surface area (Å²) in [6, 6.07) is 2.47. The number of rotatable bonds is 2. The smallest absolute Gasteiger partial charge is 0.318 e. The molecule has 1 aliphatic carbocycles. The number of alkyl halides is 3. The molecule has 0 bridgehead atoms. The number of aryl methyl sites for hydroxylation is 1. The lowest BCUT2D eigenvalue weighted by Crippen LogP contribution is -2.39. The van der Waals surface area contributed by atoms with Crippen LogP contribution >= 0.6 is 0 Å². The van der Waals surface area contributed by atoms with Gasteiger partial charge in [0, 0.05) is 11.7 Å². The number of nitrogens with zero attached hydrogens (tertiary/aromatic N) is 3. The van der Waals surface area contributed by atoms with Crippen molar-refractivity contribution in [2.75, 3.05) is 5.32 Å². The molecule has 30 heavy (non-hydrogen) atoms. The van der Waals surface area contributed by atoms with Gasteiger partial charge in [0.15, 0.2) is 11.2 Å². The molecule has 0 aliphatic heterocycles. The number of benzene rings is 1. The lowest BCUT2D eigenvalue weighted by atomic mass is 9.95. The summed E-state index contributed by atoms with van der Waals surface area (Å²) in [5, 5.41) is 1.80. The molecule has 8 nitrogen and oxygen atoms in total. The molecule has 1 fully saturated rings. The van der Waals surface area contributed by atoms with Gasteiger partial charge in [-0.3, -0.25) is 19.1 Å². The van der Waals surface area contributed by atoms with Gasteiger partial charge in [0.05, 0.1) is 11.0 Å². The summed E-state index contributed by atoms with van der Waals surface area (Å²) in [7, 11) is 0. The van der Waals surface area contributed by atoms with Crippen LogP contribution < -0.4 is 16.6 Å². The molecule has 0 spiro atoms. The van der Waals surface area contributed by atoms with Crippen molar-refractivity contribution in [3.63, 3.8) is 0 Å². The minimum absolute atomic E-state index is 0.0147. The van der Waals surface area contributed by atoms with E-state index in [2.05, 4.69) is 15.0 Å². The normalized spacial score (nSPS) is 15.6. The Morgan fingerprint density at radius 1 is 1.13 bits per heavy atom. The molecular weight excluding hydrogens is 403 g/mol. The summed E-state index contributed by atoms with van der Waals surface area (Å²) >= 11 is 0. The van der Waals surface area contributed by atoms with Crippen molar-refractivity contribution in [3.05, 3.63) is 38.5 Å². The molecule has 3 aromatic rings. The molecule has 1 amide bonds. The number of anilines is 1. The van der Waals surface area contributed by atoms with Crippen LogP contribution in [0.15, 0.2) is 21.7 Å². The Hall–Kier alpha value is -3.24. The molecular formula is C19H18F3N5O3. The lowest BCUT2D eigenvalue weighted by molar-refractivity contribution is -0.167. The van der Waals surface area contributed by atoms with E-state index in [1.54, 1.807) is 5.32 Å². The second kappa shape index (κ2) is 7.22. The zero-order valence-corrected chi connectivity index (χ0v) is 16.0. The third-order valence-electron chi connectivity index (χ3n) is 5.32. The van der Waals surface area contributed by atoms with E-state index in [0.29, 0.717) is 5.56 Å². The van der Waals surface area contributed by atoms with Crippen molar-refractivity contribution in [2.45, 2.75) is 51.2 Å². The molecule has 158 valence electrons. The number of carbonyl (C=O) groups is 1. The highest BCUT2D eigenvalue weighted by Gasteiger charge is 2.39. The zero-order valence-electron chi connectivity index (χ0n) is 16.0. The molecule has 11 heteroatoms. The number of amides is 1. The highest BCUT2D eigenvalue weighted by molar-refractivity contribution is 5.98. The predicted molar refractivity (Wildman–Crippen MR) is 103 cm³/mol. The number of aromatic amines is 1. The monoisotopic (exact) mass is 421 g/mol. The molecule has 0 atom stereocenters. The van der Waals surface area contributed by atoms with E-state index in [0.717, 1.165) is 32.1 Å². The molecule has 2 N–H and O–H groups in total. The molecule has 1 aromatic carbocycles. The van der Waals surface area contributed by atoms with E-state index >= 15 is 0 Å². The first-order chi connectivity index (χ1) is 14.1. The van der Waals surface area contributed by atoms with Gasteiger partial charge in [-0.1, -0.05) is 19.3 Å². The van der Waals surface area contributed by atoms with E-state index in [1.165, 1.54) is 23.6 Å². The number of halogens is 3. The van der Waals surface area contributed by atoms with Gasteiger partial charge in [-0.05, 0) is 37.5 Å². The van der Waals surface area contributed by atoms with Gasteiger partial charge in [0.25, 0.3) is 5.56 Å². The third-order valence-corrected chi connectivity index (χ3v) is 5.32. The minimum Gasteiger partial charge on any atom is -0.318 e. The molecule has 4 rings (SSSR count). The van der Waals surface area contributed by atoms with Crippen molar-refractivity contribution in [3.8, 4) is 0 Å². The Morgan fingerprint density at radius 2 is 1.80 bits per heavy atom. The Balaban J connectivity index is 1.84. The van der Waals surface area contributed by atoms with Crippen LogP contribution in [0.5, 0.6) is 0 Å². The van der Waals surface area contributed by atoms with Gasteiger partial charge in [0.1, 0.15) is 0 Å². The standard InChI is InChI=1S/C19H18F3N5O3/c1-9-7-12-13(8-11(9)25-17(29)19(20,21)22)24-15-14(23-12)16(28)27(18(30)26-15)10-5-3-2-4-6-10/h7-8,10H,2-6H2,1H3,(H,25,29)(H,24,26,30). The summed E-state index contributed by atoms with van der Waals surface area (Å²) in [4.78, 5) is 47.8. The number of aromatic nitrogens is 4. The van der Waals surface area contributed by atoms with Crippen LogP contribution in [0.1, 0.15) is 43.7 Å². The Labute approximate surface area is 167 Å². The van der Waals surface area contributed by atoms with Gasteiger partial charge in [-0.15, -0.1) is 0 Å². The molecule has 2 heterocycles. The predicted octanol–water partition coefficient (Wildman–Crippen LogP) is 2.95. The van der Waals surface area contributed by atoms with E-state index in [9.17, 15) is 27.6 Å². The highest BCUT2D eigenvalue weighted by atomic mass is 19.4. The van der Waals surface area contributed by atoms with Crippen LogP contribution in [0.4, 0.5) is 18.9 Å². The third kappa shape index (κ3) is 3.55. The number of fused-ring (bicyclic) bond motifs is 2. The number of carbonyl (C=O) groups excluding carboxylic acids is 1. The Bertz CT molecular complexity index is 1270. The van der Waals surface area contributed by atoms with Crippen molar-refractivity contribution in [1.82, 2.24) is 19.5 Å². The SMILES string of the molecule is Cc1cc2nc3c(=O)n(C4CCCCC4)c(=O)[nH]c3nc2cc1NC(=O)C(F)(F)F. The summed E-state index contributed by atoms with van der Waals surface area (Å²) in [6.07, 6.45) is -0.638. The molecule has 0 unspecified atom stereocenters. The quantitative estimate of drug-likeness (QED) is 0.619. The van der Waals surface area contributed by atoms with E-state index < -0.39 is 23.3 Å². The average molecular weight is 421 g/mol. The van der Waals surface area contributed by atoms with Crippen LogP contribution in [-0.2, 0) is 4.79 Å². The van der Waals surface area contributed by atoms with E-state index in [4.69, 9.17) is 0 Å². The molecule has 1 aliphatic rings. The van der Waals surface area contributed by atoms with Gasteiger partial charge in [0.2, 0.25) is 0 Å².